The van der Waals surface area contributed by atoms with Crippen LogP contribution in [0.15, 0.2) is 60.9 Å². The van der Waals surface area contributed by atoms with Crippen LogP contribution in [0.4, 0.5) is 0 Å². The molecule has 1 aliphatic rings. The van der Waals surface area contributed by atoms with E-state index in [1.807, 2.05) is 25.1 Å². The van der Waals surface area contributed by atoms with Gasteiger partial charge in [0.2, 0.25) is 5.91 Å². The summed E-state index contributed by atoms with van der Waals surface area (Å²) in [6, 6.07) is 14.2. The fraction of sp³-hybridized carbons (Fsp3) is 0.174. The van der Waals surface area contributed by atoms with E-state index in [0.717, 1.165) is 16.7 Å². The van der Waals surface area contributed by atoms with E-state index in [2.05, 4.69) is 4.98 Å². The van der Waals surface area contributed by atoms with Crippen LogP contribution in [0.25, 0.3) is 0 Å². The molecule has 1 atom stereocenters. The number of Topliss-reactive ketones (excluding diaryl/α,β-unsaturated/α-hetero) is 1. The number of rotatable bonds is 5. The smallest absolute Gasteiger partial charge is 0.248 e. The first-order valence-corrected chi connectivity index (χ1v) is 9.30. The van der Waals surface area contributed by atoms with E-state index in [1.165, 1.54) is 0 Å². The third-order valence-corrected chi connectivity index (χ3v) is 4.94. The van der Waals surface area contributed by atoms with Crippen LogP contribution < -0.4 is 15.2 Å². The Morgan fingerprint density at radius 3 is 2.69 bits per heavy atom. The van der Waals surface area contributed by atoms with Crippen molar-refractivity contribution < 1.29 is 19.1 Å². The molecule has 2 aromatic carbocycles. The highest BCUT2D eigenvalue weighted by Gasteiger charge is 2.22. The van der Waals surface area contributed by atoms with Crippen molar-refractivity contribution in [2.75, 3.05) is 6.61 Å². The van der Waals surface area contributed by atoms with Crippen LogP contribution in [-0.2, 0) is 0 Å². The number of primary amides is 1. The molecule has 146 valence electrons. The molecular weight excluding hydrogens is 368 g/mol. The van der Waals surface area contributed by atoms with Crippen molar-refractivity contribution in [1.82, 2.24) is 4.98 Å². The maximum atomic E-state index is 12.0. The fourth-order valence-electron chi connectivity index (χ4n) is 3.36. The normalized spacial score (nSPS) is 13.9. The third kappa shape index (κ3) is 3.82. The zero-order chi connectivity index (χ0) is 20.4. The van der Waals surface area contributed by atoms with Crippen molar-refractivity contribution >= 4 is 11.7 Å². The SMILES string of the molecule is Cc1cnccc1[C@H](Oc1ccc2c(c1)OCCC2=O)c1ccc(C(N)=O)cc1. The largest absolute Gasteiger partial charge is 0.492 e. The maximum Gasteiger partial charge on any atom is 0.248 e. The van der Waals surface area contributed by atoms with Gasteiger partial charge in [-0.25, -0.2) is 0 Å². The lowest BCUT2D eigenvalue weighted by Crippen LogP contribution is -2.16. The highest BCUT2D eigenvalue weighted by Crippen LogP contribution is 2.34. The topological polar surface area (TPSA) is 91.5 Å². The number of hydrogen-bond acceptors (Lipinski definition) is 5. The highest BCUT2D eigenvalue weighted by atomic mass is 16.5. The number of hydrogen-bond donors (Lipinski definition) is 1. The number of nitrogens with two attached hydrogens (primary N) is 1. The third-order valence-electron chi connectivity index (χ3n) is 4.94. The number of benzene rings is 2. The van der Waals surface area contributed by atoms with E-state index in [1.54, 1.807) is 42.7 Å². The fourth-order valence-corrected chi connectivity index (χ4v) is 3.36. The molecule has 1 amide bonds. The lowest BCUT2D eigenvalue weighted by Gasteiger charge is -2.23. The van der Waals surface area contributed by atoms with E-state index in [0.29, 0.717) is 35.7 Å². The summed E-state index contributed by atoms with van der Waals surface area (Å²) in [5.41, 5.74) is 9.14. The molecule has 1 aliphatic heterocycles. The summed E-state index contributed by atoms with van der Waals surface area (Å²) in [5.74, 6) is 0.707. The van der Waals surface area contributed by atoms with Gasteiger partial charge in [0.1, 0.15) is 17.6 Å². The van der Waals surface area contributed by atoms with Gasteiger partial charge >= 0.3 is 0 Å². The maximum absolute atomic E-state index is 12.0. The van der Waals surface area contributed by atoms with Crippen LogP contribution in [0, 0.1) is 6.92 Å². The Bertz CT molecular complexity index is 1080. The average molecular weight is 388 g/mol. The Morgan fingerprint density at radius 2 is 1.97 bits per heavy atom. The van der Waals surface area contributed by atoms with Gasteiger partial charge in [-0.3, -0.25) is 14.6 Å². The minimum absolute atomic E-state index is 0.0707. The van der Waals surface area contributed by atoms with Gasteiger partial charge in [0, 0.05) is 36.0 Å². The Kier molecular flexibility index (Phi) is 4.99. The first-order valence-electron chi connectivity index (χ1n) is 9.30. The molecule has 4 rings (SSSR count). The number of ether oxygens (including phenoxy) is 2. The van der Waals surface area contributed by atoms with Crippen molar-refractivity contribution in [3.8, 4) is 11.5 Å². The van der Waals surface area contributed by atoms with Crippen molar-refractivity contribution in [2.24, 2.45) is 5.73 Å². The molecule has 0 bridgehead atoms. The summed E-state index contributed by atoms with van der Waals surface area (Å²) in [7, 11) is 0. The van der Waals surface area contributed by atoms with Gasteiger partial charge in [0.15, 0.2) is 5.78 Å². The minimum Gasteiger partial charge on any atom is -0.492 e. The summed E-state index contributed by atoms with van der Waals surface area (Å²) in [4.78, 5) is 27.6. The molecule has 2 N–H and O–H groups in total. The predicted octanol–water partition coefficient (Wildman–Crippen LogP) is 3.62. The second-order valence-electron chi connectivity index (χ2n) is 6.90. The number of fused-ring (bicyclic) bond motifs is 1. The van der Waals surface area contributed by atoms with E-state index >= 15 is 0 Å². The summed E-state index contributed by atoms with van der Waals surface area (Å²) < 4.78 is 12.0. The summed E-state index contributed by atoms with van der Waals surface area (Å²) in [6.45, 7) is 2.34. The van der Waals surface area contributed by atoms with Crippen molar-refractivity contribution in [3.63, 3.8) is 0 Å². The Balaban J connectivity index is 1.72. The molecule has 0 radical (unpaired) electrons. The van der Waals surface area contributed by atoms with E-state index in [-0.39, 0.29) is 5.78 Å². The van der Waals surface area contributed by atoms with E-state index < -0.39 is 12.0 Å². The minimum atomic E-state index is -0.481. The Labute approximate surface area is 168 Å². The second kappa shape index (κ2) is 7.75. The number of ketones is 1. The van der Waals surface area contributed by atoms with Crippen LogP contribution in [-0.4, -0.2) is 23.3 Å². The van der Waals surface area contributed by atoms with Crippen molar-refractivity contribution in [3.05, 3.63) is 88.7 Å². The summed E-state index contributed by atoms with van der Waals surface area (Å²) in [5, 5.41) is 0. The standard InChI is InChI=1S/C23H20N2O4/c1-14-13-25-10-8-18(14)22(15-2-4-16(5-3-15)23(24)27)29-17-6-7-19-20(26)9-11-28-21(19)12-17/h2-8,10,12-13,22H,9,11H2,1H3,(H2,24,27)/t22-/m1/s1. The van der Waals surface area contributed by atoms with Crippen LogP contribution >= 0.6 is 0 Å². The zero-order valence-electron chi connectivity index (χ0n) is 15.9. The Hall–Kier alpha value is -3.67. The van der Waals surface area contributed by atoms with Gasteiger partial charge in [0.25, 0.3) is 0 Å². The number of carbonyl (C=O) groups is 2. The van der Waals surface area contributed by atoms with Gasteiger partial charge in [-0.1, -0.05) is 12.1 Å². The van der Waals surface area contributed by atoms with Crippen LogP contribution in [0.5, 0.6) is 11.5 Å². The molecule has 0 saturated carbocycles. The molecule has 3 aromatic rings. The number of pyridine rings is 1. The molecule has 0 saturated heterocycles. The molecule has 29 heavy (non-hydrogen) atoms. The summed E-state index contributed by atoms with van der Waals surface area (Å²) >= 11 is 0. The summed E-state index contributed by atoms with van der Waals surface area (Å²) in [6.07, 6.45) is 3.44. The highest BCUT2D eigenvalue weighted by molar-refractivity contribution is 5.99. The van der Waals surface area contributed by atoms with Gasteiger partial charge in [-0.15, -0.1) is 0 Å². The Morgan fingerprint density at radius 1 is 1.17 bits per heavy atom. The van der Waals surface area contributed by atoms with Crippen LogP contribution in [0.3, 0.4) is 0 Å². The zero-order valence-corrected chi connectivity index (χ0v) is 15.9. The van der Waals surface area contributed by atoms with Gasteiger partial charge in [-0.05, 0) is 48.4 Å². The number of aromatic nitrogens is 1. The van der Waals surface area contributed by atoms with Gasteiger partial charge in [-0.2, -0.15) is 0 Å². The van der Waals surface area contributed by atoms with Crippen LogP contribution in [0.2, 0.25) is 0 Å². The number of aryl methyl sites for hydroxylation is 1. The molecule has 6 heteroatoms. The molecule has 0 fully saturated rings. The number of nitrogens with zero attached hydrogens (tertiary/aromatic N) is 1. The number of amides is 1. The van der Waals surface area contributed by atoms with E-state index in [9.17, 15) is 9.59 Å². The molecule has 0 aliphatic carbocycles. The predicted molar refractivity (Wildman–Crippen MR) is 107 cm³/mol. The van der Waals surface area contributed by atoms with Crippen LogP contribution in [0.1, 0.15) is 49.9 Å². The number of carbonyl (C=O) groups excluding carboxylic acids is 2. The molecule has 1 aromatic heterocycles. The molecule has 0 spiro atoms. The lowest BCUT2D eigenvalue weighted by molar-refractivity contribution is 0.0932. The van der Waals surface area contributed by atoms with Gasteiger partial charge in [0.05, 0.1) is 12.2 Å². The average Bonchev–Trinajstić information content (AvgIpc) is 2.73. The molecule has 6 nitrogen and oxygen atoms in total. The molecular formula is C23H20N2O4. The molecule has 2 heterocycles. The lowest BCUT2D eigenvalue weighted by atomic mass is 9.97. The molecule has 0 unspecified atom stereocenters. The van der Waals surface area contributed by atoms with Gasteiger partial charge < -0.3 is 15.2 Å². The van der Waals surface area contributed by atoms with Crippen molar-refractivity contribution in [1.29, 1.82) is 0 Å². The quantitative estimate of drug-likeness (QED) is 0.721. The first-order chi connectivity index (χ1) is 14.0. The second-order valence-corrected chi connectivity index (χ2v) is 6.90. The monoisotopic (exact) mass is 388 g/mol. The first kappa shape index (κ1) is 18.7. The van der Waals surface area contributed by atoms with Crippen molar-refractivity contribution in [2.45, 2.75) is 19.4 Å². The van der Waals surface area contributed by atoms with E-state index in [4.69, 9.17) is 15.2 Å².